The molecule has 0 spiro atoms. The first-order valence-electron chi connectivity index (χ1n) is 6.76. The fourth-order valence-electron chi connectivity index (χ4n) is 2.31. The minimum Gasteiger partial charge on any atom is -0.379 e. The van der Waals surface area contributed by atoms with Crippen LogP contribution in [0.1, 0.15) is 31.5 Å². The van der Waals surface area contributed by atoms with E-state index in [0.717, 1.165) is 24.2 Å². The second-order valence-corrected chi connectivity index (χ2v) is 4.61. The smallest absolute Gasteiger partial charge is 0.0911 e. The molecule has 0 aliphatic carbocycles. The minimum absolute atomic E-state index is 0.0223. The van der Waals surface area contributed by atoms with E-state index in [0.29, 0.717) is 0 Å². The van der Waals surface area contributed by atoms with Crippen LogP contribution < -0.4 is 11.3 Å². The van der Waals surface area contributed by atoms with Crippen LogP contribution in [0, 0.1) is 0 Å². The molecule has 1 aromatic carbocycles. The van der Waals surface area contributed by atoms with Crippen LogP contribution in [-0.4, -0.2) is 28.2 Å². The number of ether oxygens (including phenoxy) is 1. The van der Waals surface area contributed by atoms with Gasteiger partial charge in [0.1, 0.15) is 0 Å². The highest BCUT2D eigenvalue weighted by Gasteiger charge is 2.25. The summed E-state index contributed by atoms with van der Waals surface area (Å²) in [6.07, 6.45) is 3.62. The molecule has 0 saturated carbocycles. The van der Waals surface area contributed by atoms with Crippen LogP contribution in [0.2, 0.25) is 0 Å². The van der Waals surface area contributed by atoms with E-state index in [1.54, 1.807) is 18.0 Å². The zero-order chi connectivity index (χ0) is 14.4. The molecule has 0 fully saturated rings. The molecule has 6 nitrogen and oxygen atoms in total. The van der Waals surface area contributed by atoms with Gasteiger partial charge in [-0.3, -0.25) is 5.84 Å². The molecule has 0 aliphatic heterocycles. The number of aromatic nitrogens is 3. The van der Waals surface area contributed by atoms with E-state index in [2.05, 4.69) is 22.7 Å². The predicted molar refractivity (Wildman–Crippen MR) is 77.1 cm³/mol. The second kappa shape index (κ2) is 7.14. The molecule has 2 aromatic rings. The number of rotatable bonds is 7. The Morgan fingerprint density at radius 3 is 2.70 bits per heavy atom. The lowest BCUT2D eigenvalue weighted by Gasteiger charge is -2.25. The van der Waals surface area contributed by atoms with Crippen molar-refractivity contribution in [2.45, 2.75) is 31.9 Å². The van der Waals surface area contributed by atoms with Crippen molar-refractivity contribution in [1.29, 1.82) is 0 Å². The molecule has 0 saturated heterocycles. The first-order valence-corrected chi connectivity index (χ1v) is 6.76. The van der Waals surface area contributed by atoms with E-state index in [-0.39, 0.29) is 12.1 Å². The van der Waals surface area contributed by atoms with Crippen molar-refractivity contribution in [3.63, 3.8) is 0 Å². The Morgan fingerprint density at radius 2 is 2.10 bits per heavy atom. The fourth-order valence-corrected chi connectivity index (χ4v) is 2.31. The lowest BCUT2D eigenvalue weighted by Crippen LogP contribution is -2.38. The van der Waals surface area contributed by atoms with Crippen LogP contribution in [0.3, 0.4) is 0 Å². The van der Waals surface area contributed by atoms with Crippen LogP contribution in [0.4, 0.5) is 0 Å². The van der Waals surface area contributed by atoms with E-state index < -0.39 is 0 Å². The summed E-state index contributed by atoms with van der Waals surface area (Å²) in [6, 6.07) is 9.70. The zero-order valence-corrected chi connectivity index (χ0v) is 11.9. The third kappa shape index (κ3) is 3.04. The van der Waals surface area contributed by atoms with Gasteiger partial charge < -0.3 is 4.74 Å². The summed E-state index contributed by atoms with van der Waals surface area (Å²) in [5.41, 5.74) is 4.66. The number of nitrogens with zero attached hydrogens (tertiary/aromatic N) is 3. The van der Waals surface area contributed by atoms with Gasteiger partial charge in [0.2, 0.25) is 0 Å². The first-order chi connectivity index (χ1) is 9.81. The van der Waals surface area contributed by atoms with Crippen molar-refractivity contribution in [1.82, 2.24) is 20.4 Å². The number of methoxy groups -OCH3 is 1. The number of hydrogen-bond acceptors (Lipinski definition) is 5. The van der Waals surface area contributed by atoms with Crippen molar-refractivity contribution in [3.05, 3.63) is 42.2 Å². The molecule has 1 aromatic heterocycles. The van der Waals surface area contributed by atoms with Gasteiger partial charge in [-0.2, -0.15) is 0 Å². The number of benzene rings is 1. The highest BCUT2D eigenvalue weighted by atomic mass is 16.5. The summed E-state index contributed by atoms with van der Waals surface area (Å²) in [6.45, 7) is 2.12. The van der Waals surface area contributed by atoms with E-state index in [4.69, 9.17) is 10.6 Å². The monoisotopic (exact) mass is 275 g/mol. The third-order valence-electron chi connectivity index (χ3n) is 3.32. The van der Waals surface area contributed by atoms with Crippen molar-refractivity contribution < 1.29 is 4.74 Å². The number of para-hydroxylation sites is 1. The van der Waals surface area contributed by atoms with Gasteiger partial charge in [-0.05, 0) is 18.6 Å². The van der Waals surface area contributed by atoms with Gasteiger partial charge in [-0.15, -0.1) is 5.10 Å². The molecule has 20 heavy (non-hydrogen) atoms. The highest BCUT2D eigenvalue weighted by Crippen LogP contribution is 2.23. The van der Waals surface area contributed by atoms with Crippen molar-refractivity contribution in [3.8, 4) is 5.69 Å². The van der Waals surface area contributed by atoms with E-state index >= 15 is 0 Å². The second-order valence-electron chi connectivity index (χ2n) is 4.61. The summed E-state index contributed by atoms with van der Waals surface area (Å²) in [5.74, 6) is 5.72. The fraction of sp³-hybridized carbons (Fsp3) is 0.429. The van der Waals surface area contributed by atoms with Gasteiger partial charge in [-0.1, -0.05) is 36.8 Å². The van der Waals surface area contributed by atoms with Gasteiger partial charge in [-0.25, -0.2) is 10.1 Å². The SMILES string of the molecule is CCCC(OC)C(NN)c1cnnn1-c1ccccc1. The molecule has 0 radical (unpaired) electrons. The molecule has 0 bridgehead atoms. The molecule has 3 N–H and O–H groups in total. The van der Waals surface area contributed by atoms with Crippen LogP contribution in [-0.2, 0) is 4.74 Å². The average molecular weight is 275 g/mol. The van der Waals surface area contributed by atoms with E-state index in [1.807, 2.05) is 30.3 Å². The Labute approximate surface area is 118 Å². The largest absolute Gasteiger partial charge is 0.379 e. The van der Waals surface area contributed by atoms with Gasteiger partial charge in [0.25, 0.3) is 0 Å². The average Bonchev–Trinajstić information content (AvgIpc) is 2.97. The molecule has 0 aliphatic rings. The van der Waals surface area contributed by atoms with Crippen LogP contribution in [0.15, 0.2) is 36.5 Å². The quantitative estimate of drug-likeness (QED) is 0.592. The normalized spacial score (nSPS) is 14.2. The van der Waals surface area contributed by atoms with E-state index in [1.165, 1.54) is 0 Å². The van der Waals surface area contributed by atoms with Crippen molar-refractivity contribution >= 4 is 0 Å². The van der Waals surface area contributed by atoms with Gasteiger partial charge in [0.15, 0.2) is 0 Å². The lowest BCUT2D eigenvalue weighted by atomic mass is 10.0. The maximum Gasteiger partial charge on any atom is 0.0911 e. The minimum atomic E-state index is -0.157. The maximum absolute atomic E-state index is 5.72. The summed E-state index contributed by atoms with van der Waals surface area (Å²) in [7, 11) is 1.70. The first kappa shape index (κ1) is 14.6. The molecule has 2 atom stereocenters. The summed E-state index contributed by atoms with van der Waals surface area (Å²) < 4.78 is 7.33. The predicted octanol–water partition coefficient (Wildman–Crippen LogP) is 1.59. The summed E-state index contributed by atoms with van der Waals surface area (Å²) in [5, 5.41) is 8.15. The molecular formula is C14H21N5O. The molecular weight excluding hydrogens is 254 g/mol. The standard InChI is InChI=1S/C14H21N5O/c1-3-7-13(20-2)14(17-15)12-10-16-18-19(12)11-8-5-4-6-9-11/h4-6,8-10,13-14,17H,3,7,15H2,1-2H3. The van der Waals surface area contributed by atoms with E-state index in [9.17, 15) is 0 Å². The Bertz CT molecular complexity index is 513. The zero-order valence-electron chi connectivity index (χ0n) is 11.9. The number of hydrazine groups is 1. The Hall–Kier alpha value is -1.76. The molecule has 1 heterocycles. The van der Waals surface area contributed by atoms with Gasteiger partial charge in [0.05, 0.1) is 29.7 Å². The highest BCUT2D eigenvalue weighted by molar-refractivity contribution is 5.32. The topological polar surface area (TPSA) is 78.0 Å². The van der Waals surface area contributed by atoms with Gasteiger partial charge in [0, 0.05) is 7.11 Å². The maximum atomic E-state index is 5.72. The van der Waals surface area contributed by atoms with Crippen LogP contribution in [0.5, 0.6) is 0 Å². The lowest BCUT2D eigenvalue weighted by molar-refractivity contribution is 0.0586. The number of hydrogen-bond donors (Lipinski definition) is 2. The third-order valence-corrected chi connectivity index (χ3v) is 3.32. The van der Waals surface area contributed by atoms with Crippen molar-refractivity contribution in [2.75, 3.05) is 7.11 Å². The number of nitrogens with two attached hydrogens (primary N) is 1. The Morgan fingerprint density at radius 1 is 1.35 bits per heavy atom. The Kier molecular flexibility index (Phi) is 5.23. The molecule has 2 rings (SSSR count). The number of nitrogens with one attached hydrogen (secondary N) is 1. The molecule has 2 unspecified atom stereocenters. The van der Waals surface area contributed by atoms with Crippen LogP contribution in [0.25, 0.3) is 5.69 Å². The molecule has 108 valence electrons. The van der Waals surface area contributed by atoms with Gasteiger partial charge >= 0.3 is 0 Å². The molecule has 0 amide bonds. The summed E-state index contributed by atoms with van der Waals surface area (Å²) in [4.78, 5) is 0. The Balaban J connectivity index is 2.34. The van der Waals surface area contributed by atoms with Crippen LogP contribution >= 0.6 is 0 Å². The molecule has 6 heteroatoms. The summed E-state index contributed by atoms with van der Waals surface area (Å²) >= 11 is 0. The van der Waals surface area contributed by atoms with Crippen molar-refractivity contribution in [2.24, 2.45) is 5.84 Å².